The number of carbonyl (C=O) groups excluding carboxylic acids is 4. The van der Waals surface area contributed by atoms with Gasteiger partial charge in [0.2, 0.25) is 11.8 Å². The Balaban J connectivity index is 1.94. The van der Waals surface area contributed by atoms with Crippen LogP contribution >= 0.6 is 27.3 Å². The highest BCUT2D eigenvalue weighted by Crippen LogP contribution is 2.35. The minimum atomic E-state index is -0.893. The van der Waals surface area contributed by atoms with E-state index in [4.69, 9.17) is 0 Å². The summed E-state index contributed by atoms with van der Waals surface area (Å²) in [6.07, 6.45) is 0.309. The van der Waals surface area contributed by atoms with Crippen LogP contribution in [0.2, 0.25) is 0 Å². The third kappa shape index (κ3) is 1.82. The van der Waals surface area contributed by atoms with Crippen LogP contribution in [-0.4, -0.2) is 34.6 Å². The maximum atomic E-state index is 12.2. The minimum Gasteiger partial charge on any atom is -0.295 e. The first-order chi connectivity index (χ1) is 8.99. The molecule has 98 valence electrons. The van der Waals surface area contributed by atoms with Gasteiger partial charge in [-0.25, -0.2) is 0 Å². The summed E-state index contributed by atoms with van der Waals surface area (Å²) in [6.45, 7) is 0. The van der Waals surface area contributed by atoms with Crippen LogP contribution in [0, 0.1) is 0 Å². The maximum Gasteiger partial charge on any atom is 0.272 e. The fraction of sp³-hybridized carbons (Fsp3) is 0.273. The Kier molecular flexibility index (Phi) is 2.79. The molecule has 2 aliphatic heterocycles. The van der Waals surface area contributed by atoms with Crippen molar-refractivity contribution in [3.05, 3.63) is 20.3 Å². The van der Waals surface area contributed by atoms with Crippen LogP contribution in [0.15, 0.2) is 9.85 Å². The third-order valence-corrected chi connectivity index (χ3v) is 4.71. The molecule has 8 heteroatoms. The van der Waals surface area contributed by atoms with E-state index in [1.807, 2.05) is 0 Å². The van der Waals surface area contributed by atoms with Crippen LogP contribution in [0.4, 0.5) is 0 Å². The first kappa shape index (κ1) is 12.5. The molecule has 2 aliphatic rings. The lowest BCUT2D eigenvalue weighted by molar-refractivity contribution is -0.136. The van der Waals surface area contributed by atoms with Gasteiger partial charge in [0.15, 0.2) is 0 Å². The van der Waals surface area contributed by atoms with E-state index in [2.05, 4.69) is 21.2 Å². The highest BCUT2D eigenvalue weighted by Gasteiger charge is 2.45. The highest BCUT2D eigenvalue weighted by atomic mass is 79.9. The molecule has 0 aromatic carbocycles. The molecule has 1 atom stereocenters. The fourth-order valence-corrected chi connectivity index (χ4v) is 3.75. The number of amides is 4. The Hall–Kier alpha value is -1.54. The Labute approximate surface area is 119 Å². The first-order valence-corrected chi connectivity index (χ1v) is 7.11. The third-order valence-electron chi connectivity index (χ3n) is 3.09. The molecule has 1 saturated heterocycles. The van der Waals surface area contributed by atoms with Gasteiger partial charge in [-0.05, 0) is 28.4 Å². The highest BCUT2D eigenvalue weighted by molar-refractivity contribution is 9.11. The second-order valence-corrected chi connectivity index (χ2v) is 6.67. The number of nitrogens with one attached hydrogen (secondary N) is 1. The van der Waals surface area contributed by atoms with Crippen molar-refractivity contribution in [2.24, 2.45) is 0 Å². The van der Waals surface area contributed by atoms with Crippen LogP contribution in [-0.2, 0) is 9.59 Å². The van der Waals surface area contributed by atoms with E-state index in [1.165, 1.54) is 0 Å². The number of hydrogen-bond donors (Lipinski definition) is 1. The smallest absolute Gasteiger partial charge is 0.272 e. The number of carbonyl (C=O) groups is 4. The van der Waals surface area contributed by atoms with Crippen molar-refractivity contribution in [1.29, 1.82) is 0 Å². The molecule has 3 rings (SSSR count). The fourth-order valence-electron chi connectivity index (χ4n) is 2.22. The van der Waals surface area contributed by atoms with Crippen molar-refractivity contribution in [1.82, 2.24) is 10.2 Å². The lowest BCUT2D eigenvalue weighted by Gasteiger charge is -2.27. The molecular formula is C11H7BrN2O4S. The normalized spacial score (nSPS) is 22.8. The molecule has 0 saturated carbocycles. The molecular weight excluding hydrogens is 336 g/mol. The van der Waals surface area contributed by atoms with Crippen LogP contribution < -0.4 is 5.32 Å². The zero-order valence-corrected chi connectivity index (χ0v) is 11.8. The quantitative estimate of drug-likeness (QED) is 0.769. The Morgan fingerprint density at radius 3 is 2.63 bits per heavy atom. The molecule has 0 radical (unpaired) electrons. The summed E-state index contributed by atoms with van der Waals surface area (Å²) in [5.74, 6) is -1.91. The van der Waals surface area contributed by atoms with Crippen molar-refractivity contribution in [3.63, 3.8) is 0 Å². The van der Waals surface area contributed by atoms with Crippen LogP contribution in [0.3, 0.4) is 0 Å². The molecule has 3 heterocycles. The van der Waals surface area contributed by atoms with E-state index in [0.29, 0.717) is 14.2 Å². The first-order valence-electron chi connectivity index (χ1n) is 5.50. The van der Waals surface area contributed by atoms with Crippen molar-refractivity contribution < 1.29 is 19.2 Å². The average Bonchev–Trinajstić information content (AvgIpc) is 2.82. The van der Waals surface area contributed by atoms with Gasteiger partial charge in [0.1, 0.15) is 10.9 Å². The van der Waals surface area contributed by atoms with E-state index < -0.39 is 23.8 Å². The molecule has 0 aliphatic carbocycles. The zero-order chi connectivity index (χ0) is 13.7. The van der Waals surface area contributed by atoms with Gasteiger partial charge in [-0.2, -0.15) is 0 Å². The zero-order valence-electron chi connectivity index (χ0n) is 9.44. The molecule has 1 fully saturated rings. The molecule has 6 nitrogen and oxygen atoms in total. The summed E-state index contributed by atoms with van der Waals surface area (Å²) in [5.41, 5.74) is 0.312. The predicted molar refractivity (Wildman–Crippen MR) is 68.7 cm³/mol. The van der Waals surface area contributed by atoms with Crippen molar-refractivity contribution in [2.75, 3.05) is 0 Å². The number of halogens is 1. The summed E-state index contributed by atoms with van der Waals surface area (Å²) in [5, 5.41) is 2.15. The van der Waals surface area contributed by atoms with E-state index >= 15 is 0 Å². The number of fused-ring (bicyclic) bond motifs is 1. The molecule has 1 aromatic heterocycles. The van der Waals surface area contributed by atoms with Gasteiger partial charge in [-0.15, -0.1) is 11.3 Å². The number of imide groups is 2. The number of hydrogen-bond acceptors (Lipinski definition) is 5. The lowest BCUT2D eigenvalue weighted by atomic mass is 10.0. The van der Waals surface area contributed by atoms with Gasteiger partial charge in [0, 0.05) is 6.42 Å². The molecule has 1 unspecified atom stereocenters. The lowest BCUT2D eigenvalue weighted by Crippen LogP contribution is -2.54. The van der Waals surface area contributed by atoms with Gasteiger partial charge in [-0.1, -0.05) is 0 Å². The number of piperidine rings is 1. The Morgan fingerprint density at radius 1 is 1.26 bits per heavy atom. The van der Waals surface area contributed by atoms with Crippen molar-refractivity contribution in [3.8, 4) is 0 Å². The molecule has 4 amide bonds. The maximum absolute atomic E-state index is 12.2. The van der Waals surface area contributed by atoms with Gasteiger partial charge in [-0.3, -0.25) is 29.4 Å². The molecule has 1 N–H and O–H groups in total. The summed E-state index contributed by atoms with van der Waals surface area (Å²) in [7, 11) is 0. The number of nitrogens with zero attached hydrogens (tertiary/aromatic N) is 1. The predicted octanol–water partition coefficient (Wildman–Crippen LogP) is 0.912. The summed E-state index contributed by atoms with van der Waals surface area (Å²) in [4.78, 5) is 48.5. The average molecular weight is 343 g/mol. The van der Waals surface area contributed by atoms with Crippen molar-refractivity contribution in [2.45, 2.75) is 18.9 Å². The standard InChI is InChI=1S/C11H7BrN2O4S/c12-6-3-4-8(19-6)11(18)14(10(4)17)5-1-2-7(15)13-9(5)16/h3,5H,1-2H2,(H,13,15,16). The van der Waals surface area contributed by atoms with E-state index in [0.717, 1.165) is 16.2 Å². The monoisotopic (exact) mass is 342 g/mol. The van der Waals surface area contributed by atoms with Crippen LogP contribution in [0.25, 0.3) is 0 Å². The van der Waals surface area contributed by atoms with Gasteiger partial charge in [0.25, 0.3) is 11.8 Å². The number of thiophene rings is 1. The second kappa shape index (κ2) is 4.24. The summed E-state index contributed by atoms with van der Waals surface area (Å²) < 4.78 is 0.696. The molecule has 1 aromatic rings. The summed E-state index contributed by atoms with van der Waals surface area (Å²) >= 11 is 4.38. The summed E-state index contributed by atoms with van der Waals surface area (Å²) in [6, 6.07) is 0.683. The van der Waals surface area contributed by atoms with Crippen LogP contribution in [0.5, 0.6) is 0 Å². The molecule has 0 spiro atoms. The molecule has 19 heavy (non-hydrogen) atoms. The van der Waals surface area contributed by atoms with E-state index in [-0.39, 0.29) is 18.7 Å². The van der Waals surface area contributed by atoms with Crippen molar-refractivity contribution >= 4 is 50.9 Å². The minimum absolute atomic E-state index is 0.130. The Morgan fingerprint density at radius 2 is 2.00 bits per heavy atom. The van der Waals surface area contributed by atoms with E-state index in [1.54, 1.807) is 6.07 Å². The van der Waals surface area contributed by atoms with E-state index in [9.17, 15) is 19.2 Å². The Bertz CT molecular complexity index is 605. The van der Waals surface area contributed by atoms with Crippen LogP contribution in [0.1, 0.15) is 32.9 Å². The molecule has 0 bridgehead atoms. The van der Waals surface area contributed by atoms with Gasteiger partial charge >= 0.3 is 0 Å². The topological polar surface area (TPSA) is 83.6 Å². The van der Waals surface area contributed by atoms with Gasteiger partial charge in [0.05, 0.1) is 9.35 Å². The largest absolute Gasteiger partial charge is 0.295 e. The SMILES string of the molecule is O=C1CCC(N2C(=O)c3cc(Br)sc3C2=O)C(=O)N1. The number of rotatable bonds is 1. The second-order valence-electron chi connectivity index (χ2n) is 4.24. The van der Waals surface area contributed by atoms with Gasteiger partial charge < -0.3 is 0 Å².